The molecule has 0 unspecified atom stereocenters. The van der Waals surface area contributed by atoms with Crippen LogP contribution in [-0.4, -0.2) is 60.9 Å². The van der Waals surface area contributed by atoms with Crippen molar-refractivity contribution in [1.82, 2.24) is 9.80 Å². The molecule has 1 aliphatic heterocycles. The van der Waals surface area contributed by atoms with Crippen LogP contribution in [-0.2, 0) is 22.4 Å². The number of hydrogen-bond donors (Lipinski definition) is 0. The van der Waals surface area contributed by atoms with Gasteiger partial charge in [0.1, 0.15) is 0 Å². The van der Waals surface area contributed by atoms with Crippen LogP contribution in [0, 0.1) is 0 Å². The first kappa shape index (κ1) is 20.4. The van der Waals surface area contributed by atoms with Gasteiger partial charge in [-0.25, -0.2) is 0 Å². The van der Waals surface area contributed by atoms with Crippen LogP contribution >= 0.6 is 0 Å². The Morgan fingerprint density at radius 2 is 1.58 bits per heavy atom. The van der Waals surface area contributed by atoms with E-state index in [-0.39, 0.29) is 11.8 Å². The summed E-state index contributed by atoms with van der Waals surface area (Å²) in [4.78, 5) is 31.1. The van der Waals surface area contributed by atoms with Crippen molar-refractivity contribution in [1.29, 1.82) is 0 Å². The molecule has 0 bridgehead atoms. The zero-order valence-electron chi connectivity index (χ0n) is 16.8. The molecule has 0 N–H and O–H groups in total. The predicted octanol–water partition coefficient (Wildman–Crippen LogP) is 2.72. The molecule has 2 rings (SSSR count). The third-order valence-electron chi connectivity index (χ3n) is 5.34. The summed E-state index contributed by atoms with van der Waals surface area (Å²) in [7, 11) is 0. The van der Waals surface area contributed by atoms with Gasteiger partial charge in [-0.05, 0) is 30.5 Å². The summed E-state index contributed by atoms with van der Waals surface area (Å²) in [6.45, 7) is 12.9. The number of rotatable bonds is 7. The molecule has 5 nitrogen and oxygen atoms in total. The maximum atomic E-state index is 12.6. The third kappa shape index (κ3) is 4.85. The van der Waals surface area contributed by atoms with Gasteiger partial charge in [-0.3, -0.25) is 9.59 Å². The first-order chi connectivity index (χ1) is 12.5. The Morgan fingerprint density at radius 3 is 2.04 bits per heavy atom. The topological polar surface area (TPSA) is 43.9 Å². The number of piperazine rings is 1. The van der Waals surface area contributed by atoms with E-state index in [4.69, 9.17) is 0 Å². The lowest BCUT2D eigenvalue weighted by Crippen LogP contribution is -2.49. The smallest absolute Gasteiger partial charge is 0.224 e. The van der Waals surface area contributed by atoms with Crippen molar-refractivity contribution in [3.63, 3.8) is 0 Å². The zero-order valence-corrected chi connectivity index (χ0v) is 16.8. The number of benzene rings is 1. The van der Waals surface area contributed by atoms with Crippen molar-refractivity contribution < 1.29 is 9.59 Å². The molecule has 0 radical (unpaired) electrons. The van der Waals surface area contributed by atoms with Crippen LogP contribution < -0.4 is 4.90 Å². The lowest BCUT2D eigenvalue weighted by Gasteiger charge is -2.34. The molecule has 5 heteroatoms. The Morgan fingerprint density at radius 1 is 1.00 bits per heavy atom. The molecule has 1 saturated heterocycles. The first-order valence-electron chi connectivity index (χ1n) is 9.90. The van der Waals surface area contributed by atoms with Crippen LogP contribution in [0.25, 0.3) is 0 Å². The van der Waals surface area contributed by atoms with Crippen molar-refractivity contribution >= 4 is 17.5 Å². The maximum absolute atomic E-state index is 12.6. The Balaban J connectivity index is 2.08. The van der Waals surface area contributed by atoms with Crippen LogP contribution in [0.2, 0.25) is 0 Å². The standard InChI is InChI=1S/C21H33N3O2/c1-5-18-9-8-10-19(6-2)21(18)24(17(4)25)12-11-20(26)23-15-13-22(7-3)14-16-23/h8-10H,5-7,11-16H2,1-4H3. The largest absolute Gasteiger partial charge is 0.340 e. The van der Waals surface area contributed by atoms with Crippen LogP contribution in [0.5, 0.6) is 0 Å². The molecule has 1 aliphatic rings. The van der Waals surface area contributed by atoms with Gasteiger partial charge >= 0.3 is 0 Å². The van der Waals surface area contributed by atoms with Crippen molar-refractivity contribution in [2.45, 2.75) is 47.0 Å². The second-order valence-electron chi connectivity index (χ2n) is 6.87. The molecule has 0 saturated carbocycles. The summed E-state index contributed by atoms with van der Waals surface area (Å²) in [6.07, 6.45) is 2.13. The second-order valence-corrected chi connectivity index (χ2v) is 6.87. The predicted molar refractivity (Wildman–Crippen MR) is 107 cm³/mol. The van der Waals surface area contributed by atoms with Gasteiger partial charge in [-0.2, -0.15) is 0 Å². The van der Waals surface area contributed by atoms with Crippen molar-refractivity contribution in [2.24, 2.45) is 0 Å². The molecule has 0 atom stereocenters. The lowest BCUT2D eigenvalue weighted by molar-refractivity contribution is -0.132. The molecular formula is C21H33N3O2. The fraction of sp³-hybridized carbons (Fsp3) is 0.619. The highest BCUT2D eigenvalue weighted by Crippen LogP contribution is 2.27. The number of nitrogens with zero attached hydrogens (tertiary/aromatic N) is 3. The minimum Gasteiger partial charge on any atom is -0.340 e. The number of amides is 2. The minimum absolute atomic E-state index is 0.00389. The Labute approximate surface area is 158 Å². The summed E-state index contributed by atoms with van der Waals surface area (Å²) in [6, 6.07) is 6.21. The van der Waals surface area contributed by atoms with Crippen molar-refractivity contribution in [3.05, 3.63) is 29.3 Å². The first-order valence-corrected chi connectivity index (χ1v) is 9.90. The van der Waals surface area contributed by atoms with Gasteiger partial charge in [0, 0.05) is 51.8 Å². The van der Waals surface area contributed by atoms with E-state index in [0.29, 0.717) is 13.0 Å². The van der Waals surface area contributed by atoms with E-state index in [1.54, 1.807) is 11.8 Å². The Hall–Kier alpha value is -1.88. The summed E-state index contributed by atoms with van der Waals surface area (Å²) >= 11 is 0. The van der Waals surface area contributed by atoms with Gasteiger partial charge in [0.25, 0.3) is 0 Å². The fourth-order valence-electron chi connectivity index (χ4n) is 3.67. The summed E-state index contributed by atoms with van der Waals surface area (Å²) in [5.74, 6) is 0.156. The number of carbonyl (C=O) groups is 2. The lowest BCUT2D eigenvalue weighted by atomic mass is 10.0. The van der Waals surface area contributed by atoms with Crippen molar-refractivity contribution in [3.8, 4) is 0 Å². The summed E-state index contributed by atoms with van der Waals surface area (Å²) < 4.78 is 0. The zero-order chi connectivity index (χ0) is 19.1. The summed E-state index contributed by atoms with van der Waals surface area (Å²) in [5, 5.41) is 0. The number of hydrogen-bond acceptors (Lipinski definition) is 3. The molecule has 144 valence electrons. The molecule has 1 heterocycles. The SMILES string of the molecule is CCc1cccc(CC)c1N(CCC(=O)N1CCN(CC)CC1)C(C)=O. The number of aryl methyl sites for hydroxylation is 2. The highest BCUT2D eigenvalue weighted by molar-refractivity contribution is 5.94. The highest BCUT2D eigenvalue weighted by Gasteiger charge is 2.23. The molecule has 0 spiro atoms. The average Bonchev–Trinajstić information content (AvgIpc) is 2.67. The average molecular weight is 360 g/mol. The van der Waals surface area contributed by atoms with Crippen molar-refractivity contribution in [2.75, 3.05) is 44.2 Å². The normalized spacial score (nSPS) is 15.2. The fourth-order valence-corrected chi connectivity index (χ4v) is 3.67. The molecule has 2 amide bonds. The van der Waals surface area contributed by atoms with E-state index in [1.807, 2.05) is 4.90 Å². The van der Waals surface area contributed by atoms with Crippen LogP contribution in [0.3, 0.4) is 0 Å². The van der Waals surface area contributed by atoms with Crippen LogP contribution in [0.15, 0.2) is 18.2 Å². The third-order valence-corrected chi connectivity index (χ3v) is 5.34. The molecule has 1 aromatic carbocycles. The van der Waals surface area contributed by atoms with E-state index in [9.17, 15) is 9.59 Å². The van der Waals surface area contributed by atoms with Gasteiger partial charge < -0.3 is 14.7 Å². The van der Waals surface area contributed by atoms with Crippen LogP contribution in [0.1, 0.15) is 45.2 Å². The maximum Gasteiger partial charge on any atom is 0.224 e. The summed E-state index contributed by atoms with van der Waals surface area (Å²) in [5.41, 5.74) is 3.35. The van der Waals surface area contributed by atoms with E-state index in [0.717, 1.165) is 51.3 Å². The van der Waals surface area contributed by atoms with E-state index in [1.165, 1.54) is 11.1 Å². The molecule has 0 aliphatic carbocycles. The Bertz CT molecular complexity index is 599. The Kier molecular flexibility index (Phi) is 7.64. The van der Waals surface area contributed by atoms with Crippen LogP contribution in [0.4, 0.5) is 5.69 Å². The van der Waals surface area contributed by atoms with Gasteiger partial charge in [-0.1, -0.05) is 39.0 Å². The number of likely N-dealkylation sites (N-methyl/N-ethyl adjacent to an activating group) is 1. The molecule has 1 aromatic rings. The monoisotopic (exact) mass is 359 g/mol. The van der Waals surface area contributed by atoms with E-state index >= 15 is 0 Å². The van der Waals surface area contributed by atoms with Gasteiger partial charge in [0.15, 0.2) is 0 Å². The van der Waals surface area contributed by atoms with E-state index in [2.05, 4.69) is 43.9 Å². The quantitative estimate of drug-likeness (QED) is 0.752. The number of para-hydroxylation sites is 1. The van der Waals surface area contributed by atoms with Gasteiger partial charge in [0.2, 0.25) is 11.8 Å². The number of carbonyl (C=O) groups excluding carboxylic acids is 2. The van der Waals surface area contributed by atoms with Gasteiger partial charge in [-0.15, -0.1) is 0 Å². The highest BCUT2D eigenvalue weighted by atomic mass is 16.2. The molecular weight excluding hydrogens is 326 g/mol. The van der Waals surface area contributed by atoms with Gasteiger partial charge in [0.05, 0.1) is 0 Å². The molecule has 0 aromatic heterocycles. The van der Waals surface area contributed by atoms with E-state index < -0.39 is 0 Å². The minimum atomic E-state index is 0.00389. The number of anilines is 1. The molecule has 1 fully saturated rings. The molecule has 26 heavy (non-hydrogen) atoms. The second kappa shape index (κ2) is 9.72.